The Labute approximate surface area is 97.8 Å². The molecule has 0 saturated heterocycles. The largest absolute Gasteiger partial charge is 0.385 e. The third-order valence-corrected chi connectivity index (χ3v) is 2.51. The van der Waals surface area contributed by atoms with E-state index in [1.165, 1.54) is 6.20 Å². The highest BCUT2D eigenvalue weighted by Crippen LogP contribution is 2.07. The van der Waals surface area contributed by atoms with Gasteiger partial charge in [-0.05, 0) is 6.42 Å². The fourth-order valence-corrected chi connectivity index (χ4v) is 1.57. The number of hydrogen-bond donors (Lipinski definition) is 2. The van der Waals surface area contributed by atoms with Gasteiger partial charge in [0.15, 0.2) is 5.65 Å². The minimum Gasteiger partial charge on any atom is -0.385 e. The lowest BCUT2D eigenvalue weighted by molar-refractivity contribution is 0.196. The Kier molecular flexibility index (Phi) is 3.38. The zero-order chi connectivity index (χ0) is 12.3. The van der Waals surface area contributed by atoms with Crippen LogP contribution in [0.15, 0.2) is 11.0 Å². The number of nitrogens with one attached hydrogen (secondary N) is 2. The van der Waals surface area contributed by atoms with Gasteiger partial charge in [0.2, 0.25) is 5.95 Å². The second-order valence-electron chi connectivity index (χ2n) is 3.79. The molecule has 0 spiro atoms. The van der Waals surface area contributed by atoms with Gasteiger partial charge in [0.25, 0.3) is 5.56 Å². The normalized spacial score (nSPS) is 10.9. The smallest absolute Gasteiger partial charge is 0.263 e. The summed E-state index contributed by atoms with van der Waals surface area (Å²) in [7, 11) is 3.53. The number of aromatic nitrogens is 4. The second-order valence-corrected chi connectivity index (χ2v) is 3.79. The van der Waals surface area contributed by atoms with E-state index in [1.807, 2.05) is 11.9 Å². The van der Waals surface area contributed by atoms with Crippen LogP contribution in [-0.2, 0) is 4.74 Å². The highest BCUT2D eigenvalue weighted by Gasteiger charge is 2.08. The summed E-state index contributed by atoms with van der Waals surface area (Å²) >= 11 is 0. The Hall–Kier alpha value is -1.89. The van der Waals surface area contributed by atoms with E-state index in [0.717, 1.165) is 13.0 Å². The second kappa shape index (κ2) is 4.96. The van der Waals surface area contributed by atoms with E-state index in [4.69, 9.17) is 4.74 Å². The summed E-state index contributed by atoms with van der Waals surface area (Å²) in [6.45, 7) is 1.44. The zero-order valence-electron chi connectivity index (χ0n) is 9.86. The van der Waals surface area contributed by atoms with Crippen molar-refractivity contribution >= 4 is 17.0 Å². The number of aromatic amines is 2. The Morgan fingerprint density at radius 3 is 3.12 bits per heavy atom. The summed E-state index contributed by atoms with van der Waals surface area (Å²) in [4.78, 5) is 20.6. The molecule has 0 fully saturated rings. The van der Waals surface area contributed by atoms with Gasteiger partial charge in [0, 0.05) is 27.3 Å². The average Bonchev–Trinajstić information content (AvgIpc) is 2.77. The summed E-state index contributed by atoms with van der Waals surface area (Å²) in [5, 5.41) is 6.95. The molecule has 0 radical (unpaired) electrons. The monoisotopic (exact) mass is 237 g/mol. The van der Waals surface area contributed by atoms with Crippen molar-refractivity contribution in [2.45, 2.75) is 6.42 Å². The number of rotatable bonds is 5. The van der Waals surface area contributed by atoms with E-state index in [2.05, 4.69) is 20.2 Å². The molecule has 2 heterocycles. The maximum atomic E-state index is 11.7. The van der Waals surface area contributed by atoms with Crippen LogP contribution >= 0.6 is 0 Å². The Bertz CT molecular complexity index is 547. The summed E-state index contributed by atoms with van der Waals surface area (Å²) in [5.41, 5.74) is 0.319. The van der Waals surface area contributed by atoms with Gasteiger partial charge in [-0.3, -0.25) is 14.9 Å². The van der Waals surface area contributed by atoms with E-state index in [0.29, 0.717) is 23.6 Å². The number of H-pyrrole nitrogens is 2. The van der Waals surface area contributed by atoms with Crippen LogP contribution in [0, 0.1) is 0 Å². The molecule has 0 aliphatic carbocycles. The van der Waals surface area contributed by atoms with E-state index >= 15 is 0 Å². The molecule has 0 unspecified atom stereocenters. The molecule has 2 aromatic heterocycles. The van der Waals surface area contributed by atoms with Gasteiger partial charge in [0.05, 0.1) is 6.20 Å². The Balaban J connectivity index is 2.20. The van der Waals surface area contributed by atoms with Crippen molar-refractivity contribution in [2.75, 3.05) is 32.2 Å². The van der Waals surface area contributed by atoms with Gasteiger partial charge in [-0.15, -0.1) is 0 Å². The number of fused-ring (bicyclic) bond motifs is 1. The predicted molar refractivity (Wildman–Crippen MR) is 64.3 cm³/mol. The summed E-state index contributed by atoms with van der Waals surface area (Å²) in [6.07, 6.45) is 2.34. The molecule has 2 N–H and O–H groups in total. The Morgan fingerprint density at radius 2 is 2.35 bits per heavy atom. The van der Waals surface area contributed by atoms with Crippen LogP contribution in [0.2, 0.25) is 0 Å². The van der Waals surface area contributed by atoms with Crippen LogP contribution in [0.5, 0.6) is 0 Å². The first kappa shape index (κ1) is 11.6. The molecule has 0 bridgehead atoms. The number of methoxy groups -OCH3 is 1. The quantitative estimate of drug-likeness (QED) is 0.721. The number of ether oxygens (including phenoxy) is 1. The van der Waals surface area contributed by atoms with E-state index in [-0.39, 0.29) is 5.56 Å². The van der Waals surface area contributed by atoms with Crippen LogP contribution in [-0.4, -0.2) is 47.5 Å². The minimum absolute atomic E-state index is 0.183. The highest BCUT2D eigenvalue weighted by atomic mass is 16.5. The molecule has 17 heavy (non-hydrogen) atoms. The summed E-state index contributed by atoms with van der Waals surface area (Å²) in [5.74, 6) is 0.530. The lowest BCUT2D eigenvalue weighted by Gasteiger charge is -2.16. The van der Waals surface area contributed by atoms with Crippen LogP contribution in [0.1, 0.15) is 6.42 Å². The molecule has 0 aliphatic heterocycles. The van der Waals surface area contributed by atoms with Crippen molar-refractivity contribution in [1.29, 1.82) is 0 Å². The molecular formula is C10H15N5O2. The standard InChI is InChI=1S/C10H15N5O2/c1-15(4-3-5-17-2)10-12-8-7(6-11-14-8)9(16)13-10/h6H,3-5H2,1-2H3,(H2,11,12,13,14,16). The first-order chi connectivity index (χ1) is 8.22. The summed E-state index contributed by atoms with van der Waals surface area (Å²) in [6, 6.07) is 0. The van der Waals surface area contributed by atoms with Gasteiger partial charge >= 0.3 is 0 Å². The van der Waals surface area contributed by atoms with Crippen molar-refractivity contribution in [3.63, 3.8) is 0 Å². The maximum Gasteiger partial charge on any atom is 0.263 e. The molecular weight excluding hydrogens is 222 g/mol. The fourth-order valence-electron chi connectivity index (χ4n) is 1.57. The third kappa shape index (κ3) is 2.44. The van der Waals surface area contributed by atoms with Crippen LogP contribution < -0.4 is 10.5 Å². The van der Waals surface area contributed by atoms with Gasteiger partial charge in [0.1, 0.15) is 5.39 Å². The zero-order valence-corrected chi connectivity index (χ0v) is 9.86. The van der Waals surface area contributed by atoms with E-state index in [9.17, 15) is 4.79 Å². The van der Waals surface area contributed by atoms with E-state index in [1.54, 1.807) is 7.11 Å². The third-order valence-electron chi connectivity index (χ3n) is 2.51. The van der Waals surface area contributed by atoms with Gasteiger partial charge in [-0.1, -0.05) is 0 Å². The topological polar surface area (TPSA) is 86.9 Å². The number of anilines is 1. The van der Waals surface area contributed by atoms with Crippen molar-refractivity contribution in [1.82, 2.24) is 20.2 Å². The van der Waals surface area contributed by atoms with Crippen molar-refractivity contribution < 1.29 is 4.74 Å². The number of nitrogens with zero attached hydrogens (tertiary/aromatic N) is 3. The number of hydrogen-bond acceptors (Lipinski definition) is 5. The van der Waals surface area contributed by atoms with Crippen LogP contribution in [0.4, 0.5) is 5.95 Å². The predicted octanol–water partition coefficient (Wildman–Crippen LogP) is 0.119. The lowest BCUT2D eigenvalue weighted by Crippen LogP contribution is -2.24. The highest BCUT2D eigenvalue weighted by molar-refractivity contribution is 5.73. The van der Waals surface area contributed by atoms with Crippen molar-refractivity contribution in [3.8, 4) is 0 Å². The van der Waals surface area contributed by atoms with Crippen LogP contribution in [0.3, 0.4) is 0 Å². The average molecular weight is 237 g/mol. The molecule has 7 heteroatoms. The molecule has 2 rings (SSSR count). The molecule has 7 nitrogen and oxygen atoms in total. The summed E-state index contributed by atoms with van der Waals surface area (Å²) < 4.78 is 4.97. The SMILES string of the molecule is COCCCN(C)c1nc2[nH]ncc2c(=O)[nH]1. The molecule has 0 saturated carbocycles. The first-order valence-electron chi connectivity index (χ1n) is 5.36. The molecule has 0 amide bonds. The van der Waals surface area contributed by atoms with Crippen molar-refractivity contribution in [3.05, 3.63) is 16.6 Å². The molecule has 92 valence electrons. The van der Waals surface area contributed by atoms with Gasteiger partial charge in [-0.2, -0.15) is 10.1 Å². The molecule has 2 aromatic rings. The Morgan fingerprint density at radius 1 is 1.53 bits per heavy atom. The lowest BCUT2D eigenvalue weighted by atomic mass is 10.4. The minimum atomic E-state index is -0.183. The van der Waals surface area contributed by atoms with E-state index < -0.39 is 0 Å². The van der Waals surface area contributed by atoms with Crippen molar-refractivity contribution in [2.24, 2.45) is 0 Å². The van der Waals surface area contributed by atoms with Gasteiger partial charge in [-0.25, -0.2) is 0 Å². The van der Waals surface area contributed by atoms with Crippen LogP contribution in [0.25, 0.3) is 11.0 Å². The molecule has 0 aliphatic rings. The first-order valence-corrected chi connectivity index (χ1v) is 5.36. The molecule has 0 atom stereocenters. The molecule has 0 aromatic carbocycles. The fraction of sp³-hybridized carbons (Fsp3) is 0.500. The maximum absolute atomic E-state index is 11.7. The van der Waals surface area contributed by atoms with Gasteiger partial charge < -0.3 is 9.64 Å².